The molecule has 3 aliphatic heterocycles. The van der Waals surface area contributed by atoms with Crippen molar-refractivity contribution in [2.24, 2.45) is 0 Å². The smallest absolute Gasteiger partial charge is 0.249 e. The summed E-state index contributed by atoms with van der Waals surface area (Å²) in [5, 5.41) is 2.92. The number of aryl methyl sites for hydroxylation is 1. The lowest BCUT2D eigenvalue weighted by atomic mass is 10.1. The number of ether oxygens (including phenoxy) is 2. The second kappa shape index (κ2) is 6.74. The van der Waals surface area contributed by atoms with Crippen LogP contribution in [0.4, 0.5) is 0 Å². The van der Waals surface area contributed by atoms with Crippen LogP contribution in [-0.2, 0) is 20.8 Å². The molecule has 7 nitrogen and oxygen atoms in total. The maximum absolute atomic E-state index is 12.4. The Kier molecular flexibility index (Phi) is 4.47. The standard InChI is InChI=1S/C17H24N4O3/c1-11-7-19-12(8-18-11)9-20-17(22)16-6-14-15(24-16)2-4-21(14)13-3-5-23-10-13/h7-8,13-16H,2-6,9-10H2,1H3,(H,20,22)/t13-,14+,15+,16+/m1/s1. The maximum atomic E-state index is 12.4. The van der Waals surface area contributed by atoms with Gasteiger partial charge in [-0.3, -0.25) is 19.7 Å². The van der Waals surface area contributed by atoms with E-state index in [4.69, 9.17) is 9.47 Å². The summed E-state index contributed by atoms with van der Waals surface area (Å²) in [6.07, 6.45) is 6.10. The Balaban J connectivity index is 1.31. The molecule has 4 heterocycles. The van der Waals surface area contributed by atoms with E-state index in [1.807, 2.05) is 6.92 Å². The molecule has 3 fully saturated rings. The monoisotopic (exact) mass is 332 g/mol. The van der Waals surface area contributed by atoms with Crippen LogP contribution in [0.1, 0.15) is 30.7 Å². The Hall–Kier alpha value is -1.57. The second-order valence-electron chi connectivity index (χ2n) is 6.88. The van der Waals surface area contributed by atoms with Crippen LogP contribution in [-0.4, -0.2) is 64.8 Å². The molecule has 0 aliphatic carbocycles. The van der Waals surface area contributed by atoms with E-state index in [0.717, 1.165) is 50.4 Å². The Morgan fingerprint density at radius 2 is 2.29 bits per heavy atom. The van der Waals surface area contributed by atoms with E-state index in [9.17, 15) is 4.79 Å². The Morgan fingerprint density at radius 1 is 1.38 bits per heavy atom. The van der Waals surface area contributed by atoms with Crippen molar-refractivity contribution in [3.8, 4) is 0 Å². The van der Waals surface area contributed by atoms with E-state index in [0.29, 0.717) is 18.6 Å². The Bertz CT molecular complexity index is 588. The van der Waals surface area contributed by atoms with Crippen molar-refractivity contribution in [3.63, 3.8) is 0 Å². The first-order chi connectivity index (χ1) is 11.7. The van der Waals surface area contributed by atoms with Gasteiger partial charge < -0.3 is 14.8 Å². The molecular formula is C17H24N4O3. The van der Waals surface area contributed by atoms with E-state index in [-0.39, 0.29) is 18.1 Å². The molecule has 1 aromatic rings. The largest absolute Gasteiger partial charge is 0.380 e. The fourth-order valence-electron chi connectivity index (χ4n) is 3.99. The molecule has 0 spiro atoms. The van der Waals surface area contributed by atoms with Crippen molar-refractivity contribution >= 4 is 5.91 Å². The fraction of sp³-hybridized carbons (Fsp3) is 0.706. The quantitative estimate of drug-likeness (QED) is 0.861. The van der Waals surface area contributed by atoms with E-state index >= 15 is 0 Å². The predicted molar refractivity (Wildman–Crippen MR) is 86.2 cm³/mol. The summed E-state index contributed by atoms with van der Waals surface area (Å²) in [6.45, 7) is 4.99. The van der Waals surface area contributed by atoms with Gasteiger partial charge in [-0.25, -0.2) is 0 Å². The molecule has 1 aromatic heterocycles. The van der Waals surface area contributed by atoms with Crippen molar-refractivity contribution in [1.82, 2.24) is 20.2 Å². The van der Waals surface area contributed by atoms with Crippen LogP contribution in [0.25, 0.3) is 0 Å². The summed E-state index contributed by atoms with van der Waals surface area (Å²) in [5.41, 5.74) is 1.63. The molecule has 7 heteroatoms. The van der Waals surface area contributed by atoms with Crippen LogP contribution in [0.3, 0.4) is 0 Å². The van der Waals surface area contributed by atoms with Crippen LogP contribution >= 0.6 is 0 Å². The third-order valence-corrected chi connectivity index (χ3v) is 5.27. The van der Waals surface area contributed by atoms with E-state index < -0.39 is 0 Å². The average Bonchev–Trinajstić information content (AvgIpc) is 3.30. The van der Waals surface area contributed by atoms with Crippen LogP contribution in [0.15, 0.2) is 12.4 Å². The molecule has 4 atom stereocenters. The zero-order valence-electron chi connectivity index (χ0n) is 14.0. The normalized spacial score (nSPS) is 32.9. The predicted octanol–water partition coefficient (Wildman–Crippen LogP) is 0.422. The fourth-order valence-corrected chi connectivity index (χ4v) is 3.99. The number of likely N-dealkylation sites (tertiary alicyclic amines) is 1. The number of hydrogen-bond donors (Lipinski definition) is 1. The highest BCUT2D eigenvalue weighted by molar-refractivity contribution is 5.81. The molecule has 0 bridgehead atoms. The molecule has 3 aliphatic rings. The maximum Gasteiger partial charge on any atom is 0.249 e. The molecule has 1 N–H and O–H groups in total. The Labute approximate surface area is 141 Å². The number of amides is 1. The molecule has 0 aromatic carbocycles. The second-order valence-corrected chi connectivity index (χ2v) is 6.88. The summed E-state index contributed by atoms with van der Waals surface area (Å²) in [6, 6.07) is 0.847. The number of carbonyl (C=O) groups is 1. The third-order valence-electron chi connectivity index (χ3n) is 5.27. The van der Waals surface area contributed by atoms with Crippen molar-refractivity contribution in [1.29, 1.82) is 0 Å². The van der Waals surface area contributed by atoms with Crippen molar-refractivity contribution in [3.05, 3.63) is 23.8 Å². The highest BCUT2D eigenvalue weighted by Crippen LogP contribution is 2.35. The third kappa shape index (κ3) is 3.16. The van der Waals surface area contributed by atoms with Crippen molar-refractivity contribution < 1.29 is 14.3 Å². The van der Waals surface area contributed by atoms with Gasteiger partial charge in [0.15, 0.2) is 0 Å². The molecule has 0 unspecified atom stereocenters. The number of rotatable bonds is 4. The highest BCUT2D eigenvalue weighted by atomic mass is 16.5. The SMILES string of the molecule is Cc1cnc(CNC(=O)[C@@H]2C[C@H]3[C@H](CCN3[C@@H]3CCOC3)O2)cn1. The molecule has 1 amide bonds. The topological polar surface area (TPSA) is 76.6 Å². The van der Waals surface area contributed by atoms with Crippen molar-refractivity contribution in [2.45, 2.75) is 57.0 Å². The molecular weight excluding hydrogens is 308 g/mol. The van der Waals surface area contributed by atoms with Gasteiger partial charge in [0.05, 0.1) is 36.8 Å². The van der Waals surface area contributed by atoms with Gasteiger partial charge in [-0.2, -0.15) is 0 Å². The average molecular weight is 332 g/mol. The van der Waals surface area contributed by atoms with Crippen LogP contribution in [0.2, 0.25) is 0 Å². The van der Waals surface area contributed by atoms with Crippen LogP contribution in [0.5, 0.6) is 0 Å². The first-order valence-electron chi connectivity index (χ1n) is 8.75. The summed E-state index contributed by atoms with van der Waals surface area (Å²) in [7, 11) is 0. The summed E-state index contributed by atoms with van der Waals surface area (Å²) >= 11 is 0. The highest BCUT2D eigenvalue weighted by Gasteiger charge is 2.47. The molecule has 4 rings (SSSR count). The van der Waals surface area contributed by atoms with Gasteiger partial charge in [0.2, 0.25) is 5.91 Å². The van der Waals surface area contributed by atoms with Gasteiger partial charge in [0.1, 0.15) is 6.10 Å². The summed E-state index contributed by atoms with van der Waals surface area (Å²) in [4.78, 5) is 23.4. The van der Waals surface area contributed by atoms with Crippen molar-refractivity contribution in [2.75, 3.05) is 19.8 Å². The molecule has 3 saturated heterocycles. The van der Waals surface area contributed by atoms with E-state index in [2.05, 4.69) is 20.2 Å². The zero-order valence-corrected chi connectivity index (χ0v) is 14.0. The summed E-state index contributed by atoms with van der Waals surface area (Å²) in [5.74, 6) is -0.0469. The van der Waals surface area contributed by atoms with Gasteiger partial charge in [-0.05, 0) is 19.8 Å². The molecule has 24 heavy (non-hydrogen) atoms. The molecule has 0 radical (unpaired) electrons. The lowest BCUT2D eigenvalue weighted by Crippen LogP contribution is -2.42. The van der Waals surface area contributed by atoms with Gasteiger partial charge in [-0.15, -0.1) is 0 Å². The van der Waals surface area contributed by atoms with E-state index in [1.54, 1.807) is 12.4 Å². The minimum atomic E-state index is -0.358. The lowest BCUT2D eigenvalue weighted by molar-refractivity contribution is -0.132. The summed E-state index contributed by atoms with van der Waals surface area (Å²) < 4.78 is 11.5. The van der Waals surface area contributed by atoms with Crippen LogP contribution < -0.4 is 5.32 Å². The minimum Gasteiger partial charge on any atom is -0.380 e. The van der Waals surface area contributed by atoms with Gasteiger partial charge in [0.25, 0.3) is 0 Å². The first kappa shape index (κ1) is 15.9. The van der Waals surface area contributed by atoms with Gasteiger partial charge in [0, 0.05) is 37.9 Å². The van der Waals surface area contributed by atoms with E-state index in [1.165, 1.54) is 0 Å². The van der Waals surface area contributed by atoms with Crippen LogP contribution in [0, 0.1) is 6.92 Å². The number of nitrogens with zero attached hydrogens (tertiary/aromatic N) is 3. The number of hydrogen-bond acceptors (Lipinski definition) is 6. The van der Waals surface area contributed by atoms with Gasteiger partial charge >= 0.3 is 0 Å². The first-order valence-corrected chi connectivity index (χ1v) is 8.75. The number of nitrogens with one attached hydrogen (secondary N) is 1. The van der Waals surface area contributed by atoms with Gasteiger partial charge in [-0.1, -0.05) is 0 Å². The number of carbonyl (C=O) groups excluding carboxylic acids is 1. The Morgan fingerprint density at radius 3 is 3.04 bits per heavy atom. The molecule has 130 valence electrons. The zero-order chi connectivity index (χ0) is 16.5. The minimum absolute atomic E-state index is 0.0469. The molecule has 0 saturated carbocycles. The lowest BCUT2D eigenvalue weighted by Gasteiger charge is -2.28. The number of aromatic nitrogens is 2. The number of fused-ring (bicyclic) bond motifs is 1.